The SMILES string of the molecule is O=C(O)C(Cc1ccc(Br)cc1Cl)c1cccc(Br)c1. The number of hydrogen-bond donors (Lipinski definition) is 1. The van der Waals surface area contributed by atoms with Crippen LogP contribution in [0.15, 0.2) is 51.4 Å². The number of rotatable bonds is 4. The van der Waals surface area contributed by atoms with Crippen molar-refractivity contribution in [2.75, 3.05) is 0 Å². The van der Waals surface area contributed by atoms with Gasteiger partial charge < -0.3 is 5.11 Å². The maximum Gasteiger partial charge on any atom is 0.311 e. The third-order valence-corrected chi connectivity index (χ3v) is 4.33. The third kappa shape index (κ3) is 3.84. The van der Waals surface area contributed by atoms with E-state index >= 15 is 0 Å². The molecule has 20 heavy (non-hydrogen) atoms. The second-order valence-corrected chi connectivity index (χ2v) is 6.62. The fraction of sp³-hybridized carbons (Fsp3) is 0.133. The topological polar surface area (TPSA) is 37.3 Å². The lowest BCUT2D eigenvalue weighted by Crippen LogP contribution is -2.14. The summed E-state index contributed by atoms with van der Waals surface area (Å²) in [5.74, 6) is -1.48. The monoisotopic (exact) mass is 416 g/mol. The third-order valence-electron chi connectivity index (χ3n) is 2.99. The van der Waals surface area contributed by atoms with Crippen molar-refractivity contribution in [3.05, 3.63) is 67.6 Å². The van der Waals surface area contributed by atoms with E-state index in [1.807, 2.05) is 36.4 Å². The fourth-order valence-electron chi connectivity index (χ4n) is 1.98. The first-order chi connectivity index (χ1) is 9.47. The van der Waals surface area contributed by atoms with Gasteiger partial charge >= 0.3 is 5.97 Å². The van der Waals surface area contributed by atoms with E-state index in [1.165, 1.54) is 0 Å². The predicted octanol–water partition coefficient (Wildman–Crippen LogP) is 5.28. The van der Waals surface area contributed by atoms with Gasteiger partial charge in [0.25, 0.3) is 0 Å². The number of carbonyl (C=O) groups is 1. The van der Waals surface area contributed by atoms with Crippen LogP contribution in [0.5, 0.6) is 0 Å². The fourth-order valence-corrected chi connectivity index (χ4v) is 3.15. The zero-order chi connectivity index (χ0) is 14.7. The predicted molar refractivity (Wildman–Crippen MR) is 87.4 cm³/mol. The summed E-state index contributed by atoms with van der Waals surface area (Å²) >= 11 is 12.9. The first-order valence-electron chi connectivity index (χ1n) is 5.89. The minimum atomic E-state index is -0.859. The van der Waals surface area contributed by atoms with Gasteiger partial charge in [-0.15, -0.1) is 0 Å². The van der Waals surface area contributed by atoms with Gasteiger partial charge in [0.05, 0.1) is 5.92 Å². The summed E-state index contributed by atoms with van der Waals surface area (Å²) in [6.45, 7) is 0. The van der Waals surface area contributed by atoms with Crippen LogP contribution in [0.3, 0.4) is 0 Å². The van der Waals surface area contributed by atoms with Crippen molar-refractivity contribution in [2.45, 2.75) is 12.3 Å². The summed E-state index contributed by atoms with van der Waals surface area (Å²) in [5, 5.41) is 10.0. The normalized spacial score (nSPS) is 12.2. The molecular weight excluding hydrogens is 407 g/mol. The molecule has 2 rings (SSSR count). The van der Waals surface area contributed by atoms with Crippen LogP contribution in [0, 0.1) is 0 Å². The van der Waals surface area contributed by atoms with E-state index < -0.39 is 11.9 Å². The molecule has 0 spiro atoms. The maximum absolute atomic E-state index is 11.5. The molecule has 2 aromatic rings. The van der Waals surface area contributed by atoms with Crippen LogP contribution in [0.1, 0.15) is 17.0 Å². The molecule has 0 amide bonds. The highest BCUT2D eigenvalue weighted by Gasteiger charge is 2.21. The number of hydrogen-bond acceptors (Lipinski definition) is 1. The highest BCUT2D eigenvalue weighted by atomic mass is 79.9. The molecule has 0 radical (unpaired) electrons. The van der Waals surface area contributed by atoms with Gasteiger partial charge in [-0.25, -0.2) is 0 Å². The van der Waals surface area contributed by atoms with Gasteiger partial charge in [-0.3, -0.25) is 4.79 Å². The van der Waals surface area contributed by atoms with Crippen LogP contribution in [-0.2, 0) is 11.2 Å². The van der Waals surface area contributed by atoms with E-state index in [0.29, 0.717) is 11.4 Å². The van der Waals surface area contributed by atoms with Crippen LogP contribution in [0.25, 0.3) is 0 Å². The van der Waals surface area contributed by atoms with Crippen molar-refractivity contribution in [1.29, 1.82) is 0 Å². The van der Waals surface area contributed by atoms with Gasteiger partial charge in [0, 0.05) is 14.0 Å². The van der Waals surface area contributed by atoms with Gasteiger partial charge in [0.1, 0.15) is 0 Å². The number of aliphatic carboxylic acids is 1. The van der Waals surface area contributed by atoms with Gasteiger partial charge in [-0.2, -0.15) is 0 Å². The zero-order valence-electron chi connectivity index (χ0n) is 10.3. The largest absolute Gasteiger partial charge is 0.481 e. The van der Waals surface area contributed by atoms with E-state index in [1.54, 1.807) is 6.07 Å². The van der Waals surface area contributed by atoms with Gasteiger partial charge in [0.15, 0.2) is 0 Å². The van der Waals surface area contributed by atoms with Crippen molar-refractivity contribution in [3.63, 3.8) is 0 Å². The zero-order valence-corrected chi connectivity index (χ0v) is 14.2. The highest BCUT2D eigenvalue weighted by molar-refractivity contribution is 9.10. The molecule has 0 aliphatic heterocycles. The van der Waals surface area contributed by atoms with E-state index in [0.717, 1.165) is 20.1 Å². The molecule has 0 aliphatic rings. The Hall–Kier alpha value is -0.840. The molecule has 5 heteroatoms. The smallest absolute Gasteiger partial charge is 0.311 e. The van der Waals surface area contributed by atoms with Crippen molar-refractivity contribution < 1.29 is 9.90 Å². The van der Waals surface area contributed by atoms with E-state index in [2.05, 4.69) is 31.9 Å². The second kappa shape index (κ2) is 6.74. The second-order valence-electron chi connectivity index (χ2n) is 4.39. The number of halogens is 3. The Morgan fingerprint density at radius 1 is 1.15 bits per heavy atom. The van der Waals surface area contributed by atoms with Crippen LogP contribution in [-0.4, -0.2) is 11.1 Å². The van der Waals surface area contributed by atoms with Crippen LogP contribution >= 0.6 is 43.5 Å². The summed E-state index contributed by atoms with van der Waals surface area (Å²) in [5.41, 5.74) is 1.58. The van der Waals surface area contributed by atoms with Gasteiger partial charge in [0.2, 0.25) is 0 Å². The molecule has 0 saturated carbocycles. The summed E-state index contributed by atoms with van der Waals surface area (Å²) < 4.78 is 1.74. The highest BCUT2D eigenvalue weighted by Crippen LogP contribution is 2.29. The standard InChI is InChI=1S/C15H11Br2ClO2/c16-11-3-1-2-9(6-11)13(15(19)20)7-10-4-5-12(17)8-14(10)18/h1-6,8,13H,7H2,(H,19,20). The van der Waals surface area contributed by atoms with Crippen molar-refractivity contribution in [3.8, 4) is 0 Å². The number of carboxylic acids is 1. The average Bonchev–Trinajstić information content (AvgIpc) is 2.37. The average molecular weight is 419 g/mol. The quantitative estimate of drug-likeness (QED) is 0.734. The Balaban J connectivity index is 2.33. The lowest BCUT2D eigenvalue weighted by Gasteiger charge is -2.14. The maximum atomic E-state index is 11.5. The minimum absolute atomic E-state index is 0.359. The first-order valence-corrected chi connectivity index (χ1v) is 7.86. The molecule has 2 aromatic carbocycles. The Morgan fingerprint density at radius 2 is 1.85 bits per heavy atom. The first kappa shape index (κ1) is 15.5. The molecule has 0 aromatic heterocycles. The summed E-state index contributed by atoms with van der Waals surface area (Å²) in [7, 11) is 0. The van der Waals surface area contributed by atoms with Crippen LogP contribution in [0.2, 0.25) is 5.02 Å². The van der Waals surface area contributed by atoms with E-state index in [4.69, 9.17) is 11.6 Å². The van der Waals surface area contributed by atoms with Gasteiger partial charge in [-0.1, -0.05) is 61.7 Å². The summed E-state index contributed by atoms with van der Waals surface area (Å²) in [6, 6.07) is 12.8. The molecule has 1 unspecified atom stereocenters. The molecule has 0 heterocycles. The lowest BCUT2D eigenvalue weighted by molar-refractivity contribution is -0.138. The lowest BCUT2D eigenvalue weighted by atomic mass is 9.92. The number of benzene rings is 2. The van der Waals surface area contributed by atoms with Crippen LogP contribution < -0.4 is 0 Å². The molecule has 0 saturated heterocycles. The molecule has 0 aliphatic carbocycles. The molecule has 2 nitrogen and oxygen atoms in total. The molecule has 0 bridgehead atoms. The molecule has 1 atom stereocenters. The molecule has 1 N–H and O–H groups in total. The number of carboxylic acid groups (broad SMARTS) is 1. The van der Waals surface area contributed by atoms with Crippen LogP contribution in [0.4, 0.5) is 0 Å². The van der Waals surface area contributed by atoms with Gasteiger partial charge in [-0.05, 0) is 41.8 Å². The Labute approximate surface area is 139 Å². The van der Waals surface area contributed by atoms with E-state index in [-0.39, 0.29) is 0 Å². The van der Waals surface area contributed by atoms with Crippen molar-refractivity contribution >= 4 is 49.4 Å². The summed E-state index contributed by atoms with van der Waals surface area (Å²) in [4.78, 5) is 11.5. The molecule has 0 fully saturated rings. The van der Waals surface area contributed by atoms with Crippen molar-refractivity contribution in [2.24, 2.45) is 0 Å². The Morgan fingerprint density at radius 3 is 2.45 bits per heavy atom. The molecule has 104 valence electrons. The summed E-state index contributed by atoms with van der Waals surface area (Å²) in [6.07, 6.45) is 0.359. The van der Waals surface area contributed by atoms with E-state index in [9.17, 15) is 9.90 Å². The van der Waals surface area contributed by atoms with Crippen molar-refractivity contribution in [1.82, 2.24) is 0 Å². The Kier molecular flexibility index (Phi) is 5.24. The Bertz CT molecular complexity index is 644. The molecular formula is C15H11Br2ClO2. The minimum Gasteiger partial charge on any atom is -0.481 e.